The Morgan fingerprint density at radius 3 is 2.88 bits per heavy atom. The molecule has 1 heterocycles. The van der Waals surface area contributed by atoms with Crippen molar-refractivity contribution in [3.05, 3.63) is 22.7 Å². The van der Waals surface area contributed by atoms with E-state index in [4.69, 9.17) is 4.74 Å². The average molecular weight is 302 g/mol. The van der Waals surface area contributed by atoms with E-state index >= 15 is 0 Å². The molecule has 2 rings (SSSR count). The zero-order valence-corrected chi connectivity index (χ0v) is 11.9. The van der Waals surface area contributed by atoms with E-state index < -0.39 is 0 Å². The quantitative estimate of drug-likeness (QED) is 0.918. The van der Waals surface area contributed by atoms with Crippen molar-refractivity contribution in [2.75, 3.05) is 18.2 Å². The molecule has 1 aromatic rings. The van der Waals surface area contributed by atoms with Crippen LogP contribution in [0.5, 0.6) is 5.75 Å². The van der Waals surface area contributed by atoms with Crippen molar-refractivity contribution in [3.8, 4) is 5.75 Å². The molecule has 2 nitrogen and oxygen atoms in total. The van der Waals surface area contributed by atoms with Crippen LogP contribution in [-0.2, 0) is 0 Å². The molecule has 1 saturated heterocycles. The van der Waals surface area contributed by atoms with Gasteiger partial charge in [-0.2, -0.15) is 11.8 Å². The predicted octanol–water partition coefficient (Wildman–Crippen LogP) is 3.76. The van der Waals surface area contributed by atoms with E-state index in [0.717, 1.165) is 15.9 Å². The van der Waals surface area contributed by atoms with Crippen LogP contribution in [0.2, 0.25) is 0 Å². The summed E-state index contributed by atoms with van der Waals surface area (Å²) in [5, 5.41) is 4.26. The van der Waals surface area contributed by atoms with Gasteiger partial charge in [0.05, 0.1) is 7.11 Å². The Labute approximate surface area is 109 Å². The summed E-state index contributed by atoms with van der Waals surface area (Å²) in [6.45, 7) is 2.28. The molecule has 0 saturated carbocycles. The summed E-state index contributed by atoms with van der Waals surface area (Å²) < 4.78 is 6.30. The second-order valence-corrected chi connectivity index (χ2v) is 6.40. The molecule has 1 aliphatic heterocycles. The standard InChI is InChI=1S/C12H16BrNOS/c1-8-12(3-4-16-8)14-10-5-9(13)6-11(7-10)15-2/h5-8,12,14H,3-4H2,1-2H3. The average Bonchev–Trinajstić information content (AvgIpc) is 2.63. The SMILES string of the molecule is COc1cc(Br)cc(NC2CCSC2C)c1. The minimum Gasteiger partial charge on any atom is -0.497 e. The fourth-order valence-corrected chi connectivity index (χ4v) is 3.57. The van der Waals surface area contributed by atoms with Gasteiger partial charge in [0.2, 0.25) is 0 Å². The molecule has 2 unspecified atom stereocenters. The molecular formula is C12H16BrNOS. The van der Waals surface area contributed by atoms with E-state index in [-0.39, 0.29) is 0 Å². The van der Waals surface area contributed by atoms with Gasteiger partial charge in [-0.15, -0.1) is 0 Å². The number of anilines is 1. The van der Waals surface area contributed by atoms with Gasteiger partial charge in [-0.05, 0) is 24.3 Å². The summed E-state index contributed by atoms with van der Waals surface area (Å²) in [6.07, 6.45) is 1.24. The van der Waals surface area contributed by atoms with Gasteiger partial charge in [0.25, 0.3) is 0 Å². The van der Waals surface area contributed by atoms with Gasteiger partial charge in [-0.25, -0.2) is 0 Å². The highest BCUT2D eigenvalue weighted by Crippen LogP contribution is 2.31. The highest BCUT2D eigenvalue weighted by atomic mass is 79.9. The van der Waals surface area contributed by atoms with Gasteiger partial charge in [0, 0.05) is 27.5 Å². The maximum atomic E-state index is 5.25. The number of nitrogens with one attached hydrogen (secondary N) is 1. The highest BCUT2D eigenvalue weighted by Gasteiger charge is 2.23. The number of hydrogen-bond donors (Lipinski definition) is 1. The number of hydrogen-bond acceptors (Lipinski definition) is 3. The number of halogens is 1. The smallest absolute Gasteiger partial charge is 0.122 e. The molecule has 1 fully saturated rings. The predicted molar refractivity (Wildman–Crippen MR) is 74.6 cm³/mol. The van der Waals surface area contributed by atoms with Gasteiger partial charge >= 0.3 is 0 Å². The molecule has 2 atom stereocenters. The number of benzene rings is 1. The number of ether oxygens (including phenoxy) is 1. The number of rotatable bonds is 3. The Kier molecular flexibility index (Phi) is 4.03. The molecule has 1 aromatic carbocycles. The third-order valence-electron chi connectivity index (χ3n) is 2.84. The molecule has 0 aromatic heterocycles. The summed E-state index contributed by atoms with van der Waals surface area (Å²) in [6, 6.07) is 6.68. The van der Waals surface area contributed by atoms with E-state index in [1.165, 1.54) is 12.2 Å². The maximum Gasteiger partial charge on any atom is 0.122 e. The summed E-state index contributed by atoms with van der Waals surface area (Å²) in [4.78, 5) is 0. The summed E-state index contributed by atoms with van der Waals surface area (Å²) in [7, 11) is 1.69. The minimum atomic E-state index is 0.573. The van der Waals surface area contributed by atoms with E-state index in [9.17, 15) is 0 Å². The monoisotopic (exact) mass is 301 g/mol. The molecule has 1 N–H and O–H groups in total. The normalized spacial score (nSPS) is 24.4. The van der Waals surface area contributed by atoms with Crippen molar-refractivity contribution in [1.29, 1.82) is 0 Å². The number of methoxy groups -OCH3 is 1. The van der Waals surface area contributed by atoms with Gasteiger partial charge in [0.15, 0.2) is 0 Å². The fraction of sp³-hybridized carbons (Fsp3) is 0.500. The van der Waals surface area contributed by atoms with Crippen LogP contribution in [0.4, 0.5) is 5.69 Å². The van der Waals surface area contributed by atoms with Crippen LogP contribution in [0.1, 0.15) is 13.3 Å². The Hall–Kier alpha value is -0.350. The first-order chi connectivity index (χ1) is 7.69. The van der Waals surface area contributed by atoms with E-state index in [1.807, 2.05) is 23.9 Å². The summed E-state index contributed by atoms with van der Waals surface area (Å²) >= 11 is 5.53. The first-order valence-corrected chi connectivity index (χ1v) is 7.26. The van der Waals surface area contributed by atoms with Gasteiger partial charge in [-0.3, -0.25) is 0 Å². The minimum absolute atomic E-state index is 0.573. The lowest BCUT2D eigenvalue weighted by Crippen LogP contribution is -2.24. The second-order valence-electron chi connectivity index (χ2n) is 4.00. The van der Waals surface area contributed by atoms with E-state index in [2.05, 4.69) is 34.2 Å². The van der Waals surface area contributed by atoms with Crippen LogP contribution in [0, 0.1) is 0 Å². The molecule has 16 heavy (non-hydrogen) atoms. The van der Waals surface area contributed by atoms with Crippen molar-refractivity contribution in [2.24, 2.45) is 0 Å². The van der Waals surface area contributed by atoms with Crippen LogP contribution in [-0.4, -0.2) is 24.2 Å². The number of thioether (sulfide) groups is 1. The van der Waals surface area contributed by atoms with Crippen molar-refractivity contribution in [2.45, 2.75) is 24.6 Å². The highest BCUT2D eigenvalue weighted by molar-refractivity contribution is 9.10. The van der Waals surface area contributed by atoms with Crippen LogP contribution in [0.15, 0.2) is 22.7 Å². The molecule has 0 amide bonds. The molecule has 1 aliphatic rings. The Morgan fingerprint density at radius 2 is 2.25 bits per heavy atom. The van der Waals surface area contributed by atoms with Crippen LogP contribution >= 0.6 is 27.7 Å². The molecule has 4 heteroatoms. The lowest BCUT2D eigenvalue weighted by Gasteiger charge is -2.18. The van der Waals surface area contributed by atoms with Crippen LogP contribution in [0.3, 0.4) is 0 Å². The van der Waals surface area contributed by atoms with Crippen molar-refractivity contribution in [1.82, 2.24) is 0 Å². The zero-order chi connectivity index (χ0) is 11.5. The summed E-state index contributed by atoms with van der Waals surface area (Å²) in [5.41, 5.74) is 1.13. The Morgan fingerprint density at radius 1 is 1.44 bits per heavy atom. The van der Waals surface area contributed by atoms with Crippen molar-refractivity contribution in [3.63, 3.8) is 0 Å². The first-order valence-electron chi connectivity index (χ1n) is 5.42. The molecule has 0 radical (unpaired) electrons. The summed E-state index contributed by atoms with van der Waals surface area (Å²) in [5.74, 6) is 2.14. The van der Waals surface area contributed by atoms with Gasteiger partial charge in [-0.1, -0.05) is 22.9 Å². The molecule has 88 valence electrons. The largest absolute Gasteiger partial charge is 0.497 e. The molecular weight excluding hydrogens is 286 g/mol. The van der Waals surface area contributed by atoms with E-state index in [1.54, 1.807) is 7.11 Å². The molecule has 0 aliphatic carbocycles. The van der Waals surface area contributed by atoms with Crippen molar-refractivity contribution < 1.29 is 4.74 Å². The van der Waals surface area contributed by atoms with Crippen LogP contribution in [0.25, 0.3) is 0 Å². The molecule has 0 spiro atoms. The van der Waals surface area contributed by atoms with Gasteiger partial charge in [0.1, 0.15) is 5.75 Å². The van der Waals surface area contributed by atoms with Crippen LogP contribution < -0.4 is 10.1 Å². The van der Waals surface area contributed by atoms with Gasteiger partial charge < -0.3 is 10.1 Å². The molecule has 0 bridgehead atoms. The first kappa shape index (κ1) is 12.1. The lowest BCUT2D eigenvalue weighted by atomic mass is 10.1. The third-order valence-corrected chi connectivity index (χ3v) is 4.62. The lowest BCUT2D eigenvalue weighted by molar-refractivity contribution is 0.414. The van der Waals surface area contributed by atoms with E-state index in [0.29, 0.717) is 11.3 Å². The zero-order valence-electron chi connectivity index (χ0n) is 9.50. The Balaban J connectivity index is 2.11. The Bertz CT molecular complexity index is 372. The second kappa shape index (κ2) is 5.32. The van der Waals surface area contributed by atoms with Crippen molar-refractivity contribution >= 4 is 33.4 Å². The third kappa shape index (κ3) is 2.86. The fourth-order valence-electron chi connectivity index (χ4n) is 1.90. The maximum absolute atomic E-state index is 5.25. The topological polar surface area (TPSA) is 21.3 Å².